The topological polar surface area (TPSA) is 89.5 Å². The molecular weight excluding hydrogens is 194 g/mol. The van der Waals surface area contributed by atoms with Gasteiger partial charge in [0.15, 0.2) is 0 Å². The molecule has 0 amide bonds. The van der Waals surface area contributed by atoms with Crippen LogP contribution in [0, 0.1) is 0 Å². The zero-order chi connectivity index (χ0) is 6.99. The molecule has 7 heteroatoms. The van der Waals surface area contributed by atoms with E-state index in [1.165, 1.54) is 7.11 Å². The number of hydrogen-bond acceptors (Lipinski definition) is 5. The summed E-state index contributed by atoms with van der Waals surface area (Å²) in [6, 6.07) is 0. The van der Waals surface area contributed by atoms with Gasteiger partial charge in [0, 0.05) is 0 Å². The smallest absolute Gasteiger partial charge is 0.652 e. The summed E-state index contributed by atoms with van der Waals surface area (Å²) in [5, 5.41) is 16.7. The second kappa shape index (κ2) is 22.5. The van der Waals surface area contributed by atoms with Gasteiger partial charge in [-0.3, -0.25) is 4.79 Å². The molecule has 0 saturated carbocycles. The van der Waals surface area contributed by atoms with E-state index in [0.717, 1.165) is 0 Å². The Balaban J connectivity index is -0.0000000300. The van der Waals surface area contributed by atoms with E-state index in [2.05, 4.69) is 4.74 Å². The average Bonchev–Trinajstić information content (AvgIpc) is 1.65. The fourth-order valence-corrected chi connectivity index (χ4v) is 0. The molecule has 0 aromatic rings. The standard InChI is InChI=1S/C2H4O2.CH2O3.2K/c1-4-2-3;2-1(3)4;;/h2H,1H3;(H2,2,3,4);;/q;;2*+1/p-2. The van der Waals surface area contributed by atoms with Gasteiger partial charge in [-0.1, -0.05) is 0 Å². The van der Waals surface area contributed by atoms with Crippen molar-refractivity contribution in [3.63, 3.8) is 0 Å². The van der Waals surface area contributed by atoms with Crippen molar-refractivity contribution in [1.29, 1.82) is 0 Å². The van der Waals surface area contributed by atoms with Gasteiger partial charge in [0.05, 0.1) is 7.11 Å². The van der Waals surface area contributed by atoms with Gasteiger partial charge in [-0.15, -0.1) is 0 Å². The zero-order valence-corrected chi connectivity index (χ0v) is 12.4. The third-order valence-corrected chi connectivity index (χ3v) is 0.0962. The minimum atomic E-state index is -2.33. The summed E-state index contributed by atoms with van der Waals surface area (Å²) < 4.78 is 3.86. The number of carbonyl (C=O) groups excluding carboxylic acids is 2. The Labute approximate surface area is 143 Å². The van der Waals surface area contributed by atoms with E-state index in [1.807, 2.05) is 0 Å². The second-order valence-electron chi connectivity index (χ2n) is 0.582. The molecule has 0 atom stereocenters. The second-order valence-corrected chi connectivity index (χ2v) is 0.582. The zero-order valence-electron chi connectivity index (χ0n) is 6.12. The van der Waals surface area contributed by atoms with Gasteiger partial charge in [-0.05, 0) is 6.16 Å². The van der Waals surface area contributed by atoms with Crippen LogP contribution in [0.2, 0.25) is 0 Å². The van der Waals surface area contributed by atoms with Crippen molar-refractivity contribution in [1.82, 2.24) is 0 Å². The van der Waals surface area contributed by atoms with Crippen molar-refractivity contribution in [2.75, 3.05) is 7.11 Å². The third kappa shape index (κ3) is 89.6. The monoisotopic (exact) mass is 198 g/mol. The Morgan fingerprint density at radius 2 is 1.50 bits per heavy atom. The minimum Gasteiger partial charge on any atom is -0.652 e. The number of rotatable bonds is 1. The Morgan fingerprint density at radius 3 is 1.50 bits per heavy atom. The summed E-state index contributed by atoms with van der Waals surface area (Å²) in [5.41, 5.74) is 0. The van der Waals surface area contributed by atoms with Gasteiger partial charge in [0.2, 0.25) is 0 Å². The van der Waals surface area contributed by atoms with E-state index in [-0.39, 0.29) is 103 Å². The number of carbonyl (C=O) groups is 2. The molecule has 0 unspecified atom stereocenters. The van der Waals surface area contributed by atoms with Crippen LogP contribution in [0.3, 0.4) is 0 Å². The summed E-state index contributed by atoms with van der Waals surface area (Å²) >= 11 is 0. The summed E-state index contributed by atoms with van der Waals surface area (Å²) in [7, 11) is 1.31. The summed E-state index contributed by atoms with van der Waals surface area (Å²) in [4.78, 5) is 17.3. The van der Waals surface area contributed by atoms with Crippen LogP contribution >= 0.6 is 0 Å². The summed E-state index contributed by atoms with van der Waals surface area (Å²) in [6.45, 7) is 0.375. The van der Waals surface area contributed by atoms with Crippen molar-refractivity contribution in [2.24, 2.45) is 0 Å². The molecule has 0 bridgehead atoms. The first-order valence-electron chi connectivity index (χ1n) is 1.49. The van der Waals surface area contributed by atoms with Crippen LogP contribution in [0.1, 0.15) is 0 Å². The molecule has 0 heterocycles. The fourth-order valence-electron chi connectivity index (χ4n) is 0. The molecule has 0 aliphatic carbocycles. The quantitative estimate of drug-likeness (QED) is 0.308. The molecular formula is C3H4K2O5. The number of carboxylic acid groups (broad SMARTS) is 2. The van der Waals surface area contributed by atoms with Gasteiger partial charge in [0.25, 0.3) is 6.47 Å². The van der Waals surface area contributed by atoms with Crippen molar-refractivity contribution in [2.45, 2.75) is 0 Å². The van der Waals surface area contributed by atoms with E-state index in [4.69, 9.17) is 19.8 Å². The van der Waals surface area contributed by atoms with Gasteiger partial charge < -0.3 is 19.7 Å². The number of methoxy groups -OCH3 is 1. The molecule has 0 aromatic heterocycles. The Hall–Kier alpha value is 2.01. The molecule has 0 aliphatic heterocycles. The Morgan fingerprint density at radius 1 is 1.40 bits per heavy atom. The van der Waals surface area contributed by atoms with Crippen LogP contribution in [0.5, 0.6) is 0 Å². The van der Waals surface area contributed by atoms with Gasteiger partial charge >= 0.3 is 103 Å². The summed E-state index contributed by atoms with van der Waals surface area (Å²) in [5.74, 6) is 0. The maximum absolute atomic E-state index is 8.95. The minimum absolute atomic E-state index is 0. The van der Waals surface area contributed by atoms with Crippen LogP contribution in [0.4, 0.5) is 4.79 Å². The SMILES string of the molecule is COC=O.O=C([O-])[O-].[K+].[K+]. The molecule has 0 radical (unpaired) electrons. The summed E-state index contributed by atoms with van der Waals surface area (Å²) in [6.07, 6.45) is -2.33. The molecule has 10 heavy (non-hydrogen) atoms. The molecule has 0 saturated heterocycles. The largest absolute Gasteiger partial charge is 1.00 e. The molecule has 48 valence electrons. The van der Waals surface area contributed by atoms with E-state index < -0.39 is 6.16 Å². The molecule has 0 spiro atoms. The Kier molecular flexibility index (Phi) is 50.9. The molecule has 0 aromatic carbocycles. The van der Waals surface area contributed by atoms with Crippen LogP contribution in [0.25, 0.3) is 0 Å². The predicted octanol–water partition coefficient (Wildman–Crippen LogP) is -8.65. The third-order valence-electron chi connectivity index (χ3n) is 0.0962. The first kappa shape index (κ1) is 22.7. The van der Waals surface area contributed by atoms with E-state index in [0.29, 0.717) is 6.47 Å². The normalized spacial score (nSPS) is 4.50. The van der Waals surface area contributed by atoms with E-state index >= 15 is 0 Å². The van der Waals surface area contributed by atoms with Crippen LogP contribution in [0.15, 0.2) is 0 Å². The van der Waals surface area contributed by atoms with E-state index in [9.17, 15) is 0 Å². The molecule has 0 N–H and O–H groups in total. The molecule has 0 rings (SSSR count). The van der Waals surface area contributed by atoms with Crippen LogP contribution < -0.4 is 113 Å². The number of hydrogen-bond donors (Lipinski definition) is 0. The molecule has 0 aliphatic rings. The van der Waals surface area contributed by atoms with Crippen molar-refractivity contribution < 1.29 is 127 Å². The van der Waals surface area contributed by atoms with Crippen LogP contribution in [-0.2, 0) is 9.53 Å². The molecule has 5 nitrogen and oxygen atoms in total. The van der Waals surface area contributed by atoms with Crippen molar-refractivity contribution >= 4 is 12.6 Å². The Bertz CT molecular complexity index is 71.3. The average molecular weight is 198 g/mol. The van der Waals surface area contributed by atoms with Gasteiger partial charge in [-0.2, -0.15) is 0 Å². The predicted molar refractivity (Wildman–Crippen MR) is 18.5 cm³/mol. The first-order valence-corrected chi connectivity index (χ1v) is 1.49. The van der Waals surface area contributed by atoms with Gasteiger partial charge in [-0.25, -0.2) is 0 Å². The maximum Gasteiger partial charge on any atom is 1.00 e. The first-order chi connectivity index (χ1) is 3.65. The maximum atomic E-state index is 8.95. The van der Waals surface area contributed by atoms with Crippen LogP contribution in [-0.4, -0.2) is 19.7 Å². The van der Waals surface area contributed by atoms with E-state index in [1.54, 1.807) is 0 Å². The number of ether oxygens (including phenoxy) is 1. The fraction of sp³-hybridized carbons (Fsp3) is 0.333. The van der Waals surface area contributed by atoms with Gasteiger partial charge in [0.1, 0.15) is 0 Å². The van der Waals surface area contributed by atoms with Crippen molar-refractivity contribution in [3.8, 4) is 0 Å². The van der Waals surface area contributed by atoms with Crippen molar-refractivity contribution in [3.05, 3.63) is 0 Å². The molecule has 0 fully saturated rings.